The lowest BCUT2D eigenvalue weighted by Gasteiger charge is -2.21. The van der Waals surface area contributed by atoms with Crippen molar-refractivity contribution < 1.29 is 0 Å². The molecule has 0 saturated heterocycles. The van der Waals surface area contributed by atoms with E-state index in [2.05, 4.69) is 78.8 Å². The van der Waals surface area contributed by atoms with Gasteiger partial charge in [-0.15, -0.1) is 0 Å². The fraction of sp³-hybridized carbons (Fsp3) is 0.208. The maximum atomic E-state index is 4.41. The number of hydrogen-bond acceptors (Lipinski definition) is 1. The van der Waals surface area contributed by atoms with Crippen molar-refractivity contribution in [3.63, 3.8) is 0 Å². The van der Waals surface area contributed by atoms with Crippen LogP contribution in [0.4, 0.5) is 0 Å². The topological polar surface area (TPSA) is 24.4 Å². The van der Waals surface area contributed by atoms with Gasteiger partial charge in [0.05, 0.1) is 0 Å². The third kappa shape index (κ3) is 2.72. The minimum absolute atomic E-state index is 0.0674. The van der Waals surface area contributed by atoms with Crippen LogP contribution in [0.1, 0.15) is 36.1 Å². The number of hydrogen-bond donors (Lipinski definition) is 1. The second-order valence-corrected chi connectivity index (χ2v) is 7.34. The molecule has 0 aromatic heterocycles. The quantitative estimate of drug-likeness (QED) is 0.517. The Hall–Kier alpha value is -2.87. The highest BCUT2D eigenvalue weighted by molar-refractivity contribution is 5.98. The largest absolute Gasteiger partial charge is 0.366 e. The van der Waals surface area contributed by atoms with Crippen molar-refractivity contribution in [1.82, 2.24) is 5.32 Å². The van der Waals surface area contributed by atoms with Gasteiger partial charge in [-0.1, -0.05) is 80.6 Å². The fourth-order valence-corrected chi connectivity index (χ4v) is 3.97. The van der Waals surface area contributed by atoms with Crippen LogP contribution in [0.2, 0.25) is 0 Å². The summed E-state index contributed by atoms with van der Waals surface area (Å²) in [5.74, 6) is 0.923. The van der Waals surface area contributed by atoms with Gasteiger partial charge in [0.1, 0.15) is 5.84 Å². The van der Waals surface area contributed by atoms with Gasteiger partial charge in [0.25, 0.3) is 0 Å². The standard InChI is InChI=1S/C24H24N2/c1-24(2)21-12-8-7-11-19(21)20-15-17(13-14-22(20)24)16-26-23(25-3)18-9-5-4-6-10-18/h4-15H,16H2,1-3H3,(H,25,26). The minimum Gasteiger partial charge on any atom is -0.366 e. The summed E-state index contributed by atoms with van der Waals surface area (Å²) < 4.78 is 0. The Bertz CT molecular complexity index is 969. The van der Waals surface area contributed by atoms with Gasteiger partial charge in [0, 0.05) is 24.6 Å². The van der Waals surface area contributed by atoms with E-state index in [4.69, 9.17) is 0 Å². The number of benzene rings is 3. The Kier molecular flexibility index (Phi) is 4.12. The minimum atomic E-state index is 0.0674. The van der Waals surface area contributed by atoms with Crippen LogP contribution in [0.5, 0.6) is 0 Å². The fourth-order valence-electron chi connectivity index (χ4n) is 3.97. The van der Waals surface area contributed by atoms with E-state index >= 15 is 0 Å². The molecule has 2 nitrogen and oxygen atoms in total. The van der Waals surface area contributed by atoms with Crippen LogP contribution in [0, 0.1) is 0 Å². The molecule has 2 heteroatoms. The zero-order valence-corrected chi connectivity index (χ0v) is 15.6. The summed E-state index contributed by atoms with van der Waals surface area (Å²) in [6.07, 6.45) is 0. The third-order valence-corrected chi connectivity index (χ3v) is 5.38. The Labute approximate surface area is 155 Å². The first kappa shape index (κ1) is 16.6. The van der Waals surface area contributed by atoms with Crippen LogP contribution < -0.4 is 5.32 Å². The Morgan fingerprint density at radius 2 is 1.54 bits per heavy atom. The van der Waals surface area contributed by atoms with Gasteiger partial charge in [-0.05, 0) is 33.9 Å². The number of nitrogens with zero attached hydrogens (tertiary/aromatic N) is 1. The summed E-state index contributed by atoms with van der Waals surface area (Å²) in [7, 11) is 1.83. The molecule has 0 fully saturated rings. The van der Waals surface area contributed by atoms with Gasteiger partial charge in [-0.2, -0.15) is 0 Å². The zero-order valence-electron chi connectivity index (χ0n) is 15.6. The molecule has 0 atom stereocenters. The van der Waals surface area contributed by atoms with Crippen molar-refractivity contribution in [3.8, 4) is 11.1 Å². The Morgan fingerprint density at radius 1 is 0.846 bits per heavy atom. The van der Waals surface area contributed by atoms with Crippen LogP contribution in [0.3, 0.4) is 0 Å². The summed E-state index contributed by atoms with van der Waals surface area (Å²) >= 11 is 0. The lowest BCUT2D eigenvalue weighted by molar-refractivity contribution is 0.660. The lowest BCUT2D eigenvalue weighted by atomic mass is 9.82. The summed E-state index contributed by atoms with van der Waals surface area (Å²) in [4.78, 5) is 4.41. The molecule has 0 spiro atoms. The molecule has 3 aromatic carbocycles. The highest BCUT2D eigenvalue weighted by Crippen LogP contribution is 2.48. The molecular weight excluding hydrogens is 316 g/mol. The smallest absolute Gasteiger partial charge is 0.128 e. The predicted octanol–water partition coefficient (Wildman–Crippen LogP) is 5.16. The maximum absolute atomic E-state index is 4.41. The van der Waals surface area contributed by atoms with Crippen LogP contribution in [0.25, 0.3) is 11.1 Å². The second kappa shape index (κ2) is 6.45. The lowest BCUT2D eigenvalue weighted by Crippen LogP contribution is -2.24. The van der Waals surface area contributed by atoms with Gasteiger partial charge in [0.2, 0.25) is 0 Å². The molecule has 0 amide bonds. The van der Waals surface area contributed by atoms with Crippen LogP contribution in [0.15, 0.2) is 77.8 Å². The molecule has 1 aliphatic rings. The molecule has 0 heterocycles. The van der Waals surface area contributed by atoms with Crippen molar-refractivity contribution in [1.29, 1.82) is 0 Å². The average molecular weight is 340 g/mol. The summed E-state index contributed by atoms with van der Waals surface area (Å²) in [5.41, 5.74) is 8.00. The SMILES string of the molecule is CN=C(NCc1ccc2c(c1)-c1ccccc1C2(C)C)c1ccccc1. The van der Waals surface area contributed by atoms with Gasteiger partial charge < -0.3 is 5.32 Å². The van der Waals surface area contributed by atoms with Crippen molar-refractivity contribution in [3.05, 3.63) is 95.1 Å². The first-order chi connectivity index (χ1) is 12.6. The molecule has 1 aliphatic carbocycles. The molecule has 0 radical (unpaired) electrons. The first-order valence-electron chi connectivity index (χ1n) is 9.10. The number of fused-ring (bicyclic) bond motifs is 3. The van der Waals surface area contributed by atoms with Crippen LogP contribution in [-0.2, 0) is 12.0 Å². The van der Waals surface area contributed by atoms with E-state index in [0.29, 0.717) is 0 Å². The van der Waals surface area contributed by atoms with Crippen molar-refractivity contribution in [2.75, 3.05) is 7.05 Å². The molecule has 26 heavy (non-hydrogen) atoms. The first-order valence-corrected chi connectivity index (χ1v) is 9.10. The highest BCUT2D eigenvalue weighted by atomic mass is 15.0. The molecule has 0 unspecified atom stereocenters. The zero-order chi connectivity index (χ0) is 18.1. The van der Waals surface area contributed by atoms with Crippen LogP contribution >= 0.6 is 0 Å². The molecule has 130 valence electrons. The van der Waals surface area contributed by atoms with Crippen LogP contribution in [-0.4, -0.2) is 12.9 Å². The number of aliphatic imine (C=N–C) groups is 1. The normalized spacial score (nSPS) is 14.7. The van der Waals surface area contributed by atoms with Gasteiger partial charge in [-0.3, -0.25) is 4.99 Å². The Balaban J connectivity index is 1.62. The van der Waals surface area contributed by atoms with E-state index < -0.39 is 0 Å². The number of amidine groups is 1. The highest BCUT2D eigenvalue weighted by Gasteiger charge is 2.34. The van der Waals surface area contributed by atoms with Crippen molar-refractivity contribution in [2.45, 2.75) is 25.8 Å². The summed E-state index contributed by atoms with van der Waals surface area (Å²) in [5, 5.41) is 3.49. The number of nitrogens with one attached hydrogen (secondary N) is 1. The average Bonchev–Trinajstić information content (AvgIpc) is 2.91. The monoisotopic (exact) mass is 340 g/mol. The predicted molar refractivity (Wildman–Crippen MR) is 110 cm³/mol. The van der Waals surface area contributed by atoms with Crippen molar-refractivity contribution in [2.24, 2.45) is 4.99 Å². The van der Waals surface area contributed by atoms with E-state index in [-0.39, 0.29) is 5.41 Å². The van der Waals surface area contributed by atoms with Gasteiger partial charge >= 0.3 is 0 Å². The maximum Gasteiger partial charge on any atom is 0.128 e. The molecule has 1 N–H and O–H groups in total. The van der Waals surface area contributed by atoms with E-state index in [1.54, 1.807) is 0 Å². The molecular formula is C24H24N2. The molecule has 0 aliphatic heterocycles. The number of rotatable bonds is 3. The van der Waals surface area contributed by atoms with Gasteiger partial charge in [0.15, 0.2) is 0 Å². The second-order valence-electron chi connectivity index (χ2n) is 7.34. The summed E-state index contributed by atoms with van der Waals surface area (Å²) in [6, 6.07) is 25.9. The summed E-state index contributed by atoms with van der Waals surface area (Å²) in [6.45, 7) is 5.39. The van der Waals surface area contributed by atoms with E-state index in [9.17, 15) is 0 Å². The molecule has 0 saturated carbocycles. The third-order valence-electron chi connectivity index (χ3n) is 5.38. The molecule has 0 bridgehead atoms. The van der Waals surface area contributed by atoms with Gasteiger partial charge in [-0.25, -0.2) is 0 Å². The van der Waals surface area contributed by atoms with Crippen molar-refractivity contribution >= 4 is 5.84 Å². The van der Waals surface area contributed by atoms with E-state index in [0.717, 1.165) is 17.9 Å². The van der Waals surface area contributed by atoms with E-state index in [1.807, 2.05) is 25.2 Å². The molecule has 3 aromatic rings. The molecule has 4 rings (SSSR count). The van der Waals surface area contributed by atoms with E-state index in [1.165, 1.54) is 27.8 Å². The Morgan fingerprint density at radius 3 is 2.31 bits per heavy atom.